The van der Waals surface area contributed by atoms with Gasteiger partial charge in [-0.1, -0.05) is 37.6 Å². The van der Waals surface area contributed by atoms with Crippen LogP contribution in [0.3, 0.4) is 0 Å². The molecule has 0 heterocycles. The predicted octanol–water partition coefficient (Wildman–Crippen LogP) is 4.28. The van der Waals surface area contributed by atoms with Gasteiger partial charge in [-0.05, 0) is 54.8 Å². The number of aliphatic hydroxyl groups is 1. The molecule has 1 N–H and O–H groups in total. The molecule has 3 atom stereocenters. The summed E-state index contributed by atoms with van der Waals surface area (Å²) in [5.41, 5.74) is 2.24. The first-order chi connectivity index (χ1) is 12.3. The molecular weight excluding hydrogens is 353 g/mol. The van der Waals surface area contributed by atoms with E-state index in [9.17, 15) is 9.50 Å². The van der Waals surface area contributed by atoms with Crippen LogP contribution in [0.4, 0.5) is 4.39 Å². The van der Waals surface area contributed by atoms with Crippen LogP contribution in [0.2, 0.25) is 5.02 Å². The minimum atomic E-state index is -0.614. The molecule has 1 aromatic carbocycles. The van der Waals surface area contributed by atoms with Crippen LogP contribution < -0.4 is 0 Å². The number of allylic oxidation sites excluding steroid dienone is 1. The highest BCUT2D eigenvalue weighted by Crippen LogP contribution is 2.59. The van der Waals surface area contributed by atoms with E-state index in [0.29, 0.717) is 41.6 Å². The van der Waals surface area contributed by atoms with Gasteiger partial charge in [-0.2, -0.15) is 0 Å². The van der Waals surface area contributed by atoms with E-state index in [1.54, 1.807) is 12.1 Å². The van der Waals surface area contributed by atoms with E-state index in [-0.39, 0.29) is 12.4 Å². The van der Waals surface area contributed by atoms with Crippen LogP contribution in [-0.4, -0.2) is 42.9 Å². The number of hydrogen-bond acceptors (Lipinski definition) is 3. The number of fused-ring (bicyclic) bond motifs is 1. The standard InChI is InChI=1S/C21H29ClFNO2/c1-21(2)15-8-7-14(18(21)9-15)12-26-13-16(25)10-24(3)11-17-19(22)5-4-6-20(17)23/h4-7,15-16,18,25H,8-13H2,1-3H3/t15-,16+,18-/m0/s1. The number of hydrogen-bond donors (Lipinski definition) is 1. The average molecular weight is 382 g/mol. The summed E-state index contributed by atoms with van der Waals surface area (Å²) in [6.07, 6.45) is 4.13. The molecule has 3 nitrogen and oxygen atoms in total. The second-order valence-corrected chi connectivity index (χ2v) is 8.79. The maximum atomic E-state index is 13.9. The Morgan fingerprint density at radius 3 is 2.85 bits per heavy atom. The zero-order valence-electron chi connectivity index (χ0n) is 15.8. The zero-order valence-corrected chi connectivity index (χ0v) is 16.6. The molecule has 3 aliphatic carbocycles. The van der Waals surface area contributed by atoms with E-state index >= 15 is 0 Å². The Labute approximate surface area is 160 Å². The molecule has 0 aromatic heterocycles. The SMILES string of the molecule is CN(Cc1c(F)cccc1Cl)C[C@@H](O)COCC1=CC[C@H]2C[C@@H]1C2(C)C. The van der Waals surface area contributed by atoms with Gasteiger partial charge in [0.25, 0.3) is 0 Å². The van der Waals surface area contributed by atoms with Gasteiger partial charge in [-0.3, -0.25) is 4.90 Å². The van der Waals surface area contributed by atoms with E-state index in [4.69, 9.17) is 16.3 Å². The van der Waals surface area contributed by atoms with Gasteiger partial charge in [0.2, 0.25) is 0 Å². The summed E-state index contributed by atoms with van der Waals surface area (Å²) in [4.78, 5) is 1.86. The van der Waals surface area contributed by atoms with Gasteiger partial charge in [0.05, 0.1) is 19.3 Å². The van der Waals surface area contributed by atoms with Gasteiger partial charge in [0.15, 0.2) is 0 Å². The lowest BCUT2D eigenvalue weighted by molar-refractivity contribution is -0.0257. The molecule has 1 saturated carbocycles. The second kappa shape index (κ2) is 7.97. The zero-order chi connectivity index (χ0) is 18.9. The summed E-state index contributed by atoms with van der Waals surface area (Å²) in [5.74, 6) is 1.13. The number of halogens is 2. The van der Waals surface area contributed by atoms with Crippen molar-refractivity contribution in [2.45, 2.75) is 39.3 Å². The molecule has 4 rings (SSSR count). The fourth-order valence-electron chi connectivity index (χ4n) is 4.38. The Hall–Kier alpha value is -0.940. The van der Waals surface area contributed by atoms with Crippen molar-refractivity contribution in [1.82, 2.24) is 4.90 Å². The normalized spacial score (nSPS) is 25.0. The van der Waals surface area contributed by atoms with Crippen LogP contribution in [-0.2, 0) is 11.3 Å². The molecule has 0 saturated heterocycles. The maximum absolute atomic E-state index is 13.9. The quantitative estimate of drug-likeness (QED) is 0.682. The fourth-order valence-corrected chi connectivity index (χ4v) is 4.61. The molecule has 0 spiro atoms. The number of nitrogens with zero attached hydrogens (tertiary/aromatic N) is 1. The van der Waals surface area contributed by atoms with Gasteiger partial charge in [-0.25, -0.2) is 4.39 Å². The molecule has 0 aliphatic heterocycles. The first kappa shape index (κ1) is 19.8. The van der Waals surface area contributed by atoms with Gasteiger partial charge in [0, 0.05) is 23.7 Å². The Kier molecular flexibility index (Phi) is 6.07. The third-order valence-corrected chi connectivity index (χ3v) is 6.53. The van der Waals surface area contributed by atoms with Crippen molar-refractivity contribution in [3.05, 3.63) is 46.3 Å². The number of ether oxygens (including phenoxy) is 1. The van der Waals surface area contributed by atoms with Crippen molar-refractivity contribution in [1.29, 1.82) is 0 Å². The molecule has 26 heavy (non-hydrogen) atoms. The molecule has 1 aromatic rings. The molecule has 144 valence electrons. The van der Waals surface area contributed by atoms with Gasteiger partial charge in [0.1, 0.15) is 5.82 Å². The molecular formula is C21H29ClFNO2. The molecule has 2 bridgehead atoms. The summed E-state index contributed by atoms with van der Waals surface area (Å²) in [5, 5.41) is 10.6. The highest BCUT2D eigenvalue weighted by Gasteiger charge is 2.50. The molecule has 5 heteroatoms. The van der Waals surface area contributed by atoms with Crippen molar-refractivity contribution >= 4 is 11.6 Å². The van der Waals surface area contributed by atoms with Crippen LogP contribution in [0.1, 0.15) is 32.3 Å². The number of rotatable bonds is 8. The molecule has 1 fully saturated rings. The number of aliphatic hydroxyl groups excluding tert-OH is 1. The van der Waals surface area contributed by atoms with Crippen LogP contribution in [0.25, 0.3) is 0 Å². The number of likely N-dealkylation sites (N-methyl/N-ethyl adjacent to an activating group) is 1. The van der Waals surface area contributed by atoms with Crippen LogP contribution >= 0.6 is 11.6 Å². The lowest BCUT2D eigenvalue weighted by Crippen LogP contribution is -2.48. The van der Waals surface area contributed by atoms with Gasteiger partial charge >= 0.3 is 0 Å². The van der Waals surface area contributed by atoms with E-state index in [1.807, 2.05) is 11.9 Å². The lowest BCUT2D eigenvalue weighted by Gasteiger charge is -2.56. The van der Waals surface area contributed by atoms with Gasteiger partial charge in [-0.15, -0.1) is 0 Å². The summed E-state index contributed by atoms with van der Waals surface area (Å²) in [6.45, 7) is 6.32. The molecule has 0 unspecified atom stereocenters. The van der Waals surface area contributed by atoms with E-state index < -0.39 is 6.10 Å². The number of benzene rings is 1. The van der Waals surface area contributed by atoms with E-state index in [0.717, 1.165) is 12.3 Å². The maximum Gasteiger partial charge on any atom is 0.129 e. The Morgan fingerprint density at radius 1 is 1.42 bits per heavy atom. The third-order valence-electron chi connectivity index (χ3n) is 6.17. The fraction of sp³-hybridized carbons (Fsp3) is 0.619. The summed E-state index contributed by atoms with van der Waals surface area (Å²) in [7, 11) is 1.84. The van der Waals surface area contributed by atoms with Crippen LogP contribution in [0.5, 0.6) is 0 Å². The topological polar surface area (TPSA) is 32.7 Å². The molecule has 0 radical (unpaired) electrons. The van der Waals surface area contributed by atoms with Gasteiger partial charge < -0.3 is 9.84 Å². The highest BCUT2D eigenvalue weighted by atomic mass is 35.5. The summed E-state index contributed by atoms with van der Waals surface area (Å²) in [6, 6.07) is 4.67. The Balaban J connectivity index is 1.42. The van der Waals surface area contributed by atoms with Crippen molar-refractivity contribution in [2.24, 2.45) is 17.3 Å². The lowest BCUT2D eigenvalue weighted by atomic mass is 9.49. The largest absolute Gasteiger partial charge is 0.389 e. The first-order valence-corrected chi connectivity index (χ1v) is 9.73. The third kappa shape index (κ3) is 4.14. The van der Waals surface area contributed by atoms with Crippen LogP contribution in [0.15, 0.2) is 29.8 Å². The summed E-state index contributed by atoms with van der Waals surface area (Å²) >= 11 is 6.06. The summed E-state index contributed by atoms with van der Waals surface area (Å²) < 4.78 is 19.6. The monoisotopic (exact) mass is 381 g/mol. The van der Waals surface area contributed by atoms with E-state index in [2.05, 4.69) is 19.9 Å². The van der Waals surface area contributed by atoms with E-state index in [1.165, 1.54) is 18.1 Å². The Morgan fingerprint density at radius 2 is 2.19 bits per heavy atom. The van der Waals surface area contributed by atoms with Crippen molar-refractivity contribution in [3.63, 3.8) is 0 Å². The smallest absolute Gasteiger partial charge is 0.129 e. The minimum absolute atomic E-state index is 0.281. The Bertz CT molecular complexity index is 656. The highest BCUT2D eigenvalue weighted by molar-refractivity contribution is 6.31. The minimum Gasteiger partial charge on any atom is -0.389 e. The predicted molar refractivity (Wildman–Crippen MR) is 103 cm³/mol. The first-order valence-electron chi connectivity index (χ1n) is 9.35. The van der Waals surface area contributed by atoms with Crippen LogP contribution in [0, 0.1) is 23.1 Å². The second-order valence-electron chi connectivity index (χ2n) is 8.39. The van der Waals surface area contributed by atoms with Crippen molar-refractivity contribution in [2.75, 3.05) is 26.8 Å². The molecule has 0 amide bonds. The van der Waals surface area contributed by atoms with Crippen molar-refractivity contribution in [3.8, 4) is 0 Å². The average Bonchev–Trinajstić information content (AvgIpc) is 2.58. The molecule has 3 aliphatic rings. The van der Waals surface area contributed by atoms with Crippen molar-refractivity contribution < 1.29 is 14.2 Å².